The Bertz CT molecular complexity index is 522. The van der Waals surface area contributed by atoms with Crippen molar-refractivity contribution < 1.29 is 0 Å². The van der Waals surface area contributed by atoms with Crippen molar-refractivity contribution in [2.75, 3.05) is 26.2 Å². The lowest BCUT2D eigenvalue weighted by Gasteiger charge is -2.43. The maximum Gasteiger partial charge on any atom is 0.0928 e. The quantitative estimate of drug-likeness (QED) is 0.863. The number of nitrogens with zero attached hydrogens (tertiary/aromatic N) is 2. The second kappa shape index (κ2) is 6.61. The Morgan fingerprint density at radius 2 is 1.90 bits per heavy atom. The molecule has 1 aliphatic rings. The van der Waals surface area contributed by atoms with Gasteiger partial charge in [0, 0.05) is 37.7 Å². The minimum absolute atomic E-state index is 0.205. The molecule has 0 aliphatic carbocycles. The van der Waals surface area contributed by atoms with E-state index in [4.69, 9.17) is 29.6 Å². The van der Waals surface area contributed by atoms with Gasteiger partial charge in [0.15, 0.2) is 0 Å². The van der Waals surface area contributed by atoms with Gasteiger partial charge >= 0.3 is 0 Å². The van der Waals surface area contributed by atoms with Crippen LogP contribution >= 0.6 is 23.8 Å². The lowest BCUT2D eigenvalue weighted by Crippen LogP contribution is -2.59. The number of nitrogens with two attached hydrogens (primary N) is 1. The van der Waals surface area contributed by atoms with Crippen LogP contribution in [0.5, 0.6) is 0 Å². The molecule has 21 heavy (non-hydrogen) atoms. The Morgan fingerprint density at radius 3 is 2.43 bits per heavy atom. The molecule has 5 heteroatoms. The number of aryl methyl sites for hydroxylation is 1. The van der Waals surface area contributed by atoms with E-state index in [1.54, 1.807) is 0 Å². The van der Waals surface area contributed by atoms with Crippen molar-refractivity contribution in [2.45, 2.75) is 32.9 Å². The Hall–Kier alpha value is -0.680. The zero-order chi connectivity index (χ0) is 15.6. The predicted molar refractivity (Wildman–Crippen MR) is 93.9 cm³/mol. The van der Waals surface area contributed by atoms with E-state index in [-0.39, 0.29) is 5.54 Å². The molecule has 3 nitrogen and oxygen atoms in total. The van der Waals surface area contributed by atoms with Gasteiger partial charge in [0.2, 0.25) is 0 Å². The maximum absolute atomic E-state index is 6.32. The van der Waals surface area contributed by atoms with Crippen LogP contribution in [0.15, 0.2) is 18.2 Å². The van der Waals surface area contributed by atoms with Gasteiger partial charge in [-0.15, -0.1) is 0 Å². The normalized spacial score (nSPS) is 17.9. The van der Waals surface area contributed by atoms with Crippen molar-refractivity contribution in [2.24, 2.45) is 5.73 Å². The first kappa shape index (κ1) is 16.7. The van der Waals surface area contributed by atoms with Crippen LogP contribution in [0.4, 0.5) is 0 Å². The number of piperazine rings is 1. The van der Waals surface area contributed by atoms with Crippen LogP contribution in [0.2, 0.25) is 5.02 Å². The number of rotatable bonds is 4. The molecule has 0 saturated carbocycles. The lowest BCUT2D eigenvalue weighted by atomic mass is 10.0. The highest BCUT2D eigenvalue weighted by Gasteiger charge is 2.32. The number of thiocarbonyl (C=S) groups is 1. The summed E-state index contributed by atoms with van der Waals surface area (Å²) in [6.45, 7) is 11.1. The molecule has 0 amide bonds. The summed E-state index contributed by atoms with van der Waals surface area (Å²) in [5.41, 5.74) is 8.05. The summed E-state index contributed by atoms with van der Waals surface area (Å²) in [6.07, 6.45) is 0. The Labute approximate surface area is 138 Å². The van der Waals surface area contributed by atoms with Gasteiger partial charge in [0.25, 0.3) is 0 Å². The van der Waals surface area contributed by atoms with Crippen LogP contribution in [-0.4, -0.2) is 46.5 Å². The molecule has 0 spiro atoms. The van der Waals surface area contributed by atoms with Crippen LogP contribution in [-0.2, 0) is 6.54 Å². The number of benzene rings is 1. The zero-order valence-electron chi connectivity index (χ0n) is 13.0. The summed E-state index contributed by atoms with van der Waals surface area (Å²) in [5.74, 6) is 0. The van der Waals surface area contributed by atoms with Gasteiger partial charge in [-0.2, -0.15) is 0 Å². The van der Waals surface area contributed by atoms with E-state index in [0.29, 0.717) is 4.99 Å². The minimum Gasteiger partial charge on any atom is -0.392 e. The highest BCUT2D eigenvalue weighted by Crippen LogP contribution is 2.22. The van der Waals surface area contributed by atoms with E-state index >= 15 is 0 Å². The summed E-state index contributed by atoms with van der Waals surface area (Å²) >= 11 is 11.5. The molecule has 0 aromatic heterocycles. The molecular formula is C16H24ClN3S. The predicted octanol–water partition coefficient (Wildman–Crippen LogP) is 2.83. The van der Waals surface area contributed by atoms with Crippen LogP contribution in [0.25, 0.3) is 0 Å². The molecule has 0 bridgehead atoms. The average molecular weight is 326 g/mol. The summed E-state index contributed by atoms with van der Waals surface area (Å²) in [4.78, 5) is 5.36. The third-order valence-corrected chi connectivity index (χ3v) is 5.22. The maximum atomic E-state index is 6.32. The molecule has 1 aromatic carbocycles. The van der Waals surface area contributed by atoms with Crippen molar-refractivity contribution in [3.05, 3.63) is 34.3 Å². The molecule has 1 saturated heterocycles. The topological polar surface area (TPSA) is 32.5 Å². The van der Waals surface area contributed by atoms with E-state index in [1.165, 1.54) is 11.1 Å². The Morgan fingerprint density at radius 1 is 1.29 bits per heavy atom. The van der Waals surface area contributed by atoms with Gasteiger partial charge < -0.3 is 5.73 Å². The van der Waals surface area contributed by atoms with Crippen molar-refractivity contribution in [3.63, 3.8) is 0 Å². The second-order valence-corrected chi connectivity index (χ2v) is 7.13. The summed E-state index contributed by atoms with van der Waals surface area (Å²) in [5, 5.41) is 0.862. The third-order valence-electron chi connectivity index (χ3n) is 4.37. The highest BCUT2D eigenvalue weighted by atomic mass is 35.5. The van der Waals surface area contributed by atoms with E-state index in [1.807, 2.05) is 6.07 Å². The number of hydrogen-bond acceptors (Lipinski definition) is 3. The lowest BCUT2D eigenvalue weighted by molar-refractivity contribution is 0.0821. The summed E-state index contributed by atoms with van der Waals surface area (Å²) in [7, 11) is 0. The minimum atomic E-state index is -0.205. The standard InChI is InChI=1S/C16H24ClN3S/c1-12-4-5-13(14(17)10-12)11-19-6-8-20(9-7-19)16(2,3)15(18)21/h4-5,10H,6-9,11H2,1-3H3,(H2,18,21). The summed E-state index contributed by atoms with van der Waals surface area (Å²) < 4.78 is 0. The Kier molecular flexibility index (Phi) is 5.25. The van der Waals surface area contributed by atoms with Crippen molar-refractivity contribution >= 4 is 28.8 Å². The molecule has 1 aromatic rings. The van der Waals surface area contributed by atoms with Gasteiger partial charge in [-0.05, 0) is 38.0 Å². The fourth-order valence-electron chi connectivity index (χ4n) is 2.64. The van der Waals surface area contributed by atoms with E-state index in [2.05, 4.69) is 42.7 Å². The first-order chi connectivity index (χ1) is 9.80. The fraction of sp³-hybridized carbons (Fsp3) is 0.562. The van der Waals surface area contributed by atoms with Crippen molar-refractivity contribution in [1.29, 1.82) is 0 Å². The Balaban J connectivity index is 1.94. The largest absolute Gasteiger partial charge is 0.392 e. The van der Waals surface area contributed by atoms with Crippen LogP contribution in [0, 0.1) is 6.92 Å². The molecule has 2 rings (SSSR count). The molecular weight excluding hydrogens is 302 g/mol. The molecule has 1 heterocycles. The first-order valence-corrected chi connectivity index (χ1v) is 8.11. The molecule has 116 valence electrons. The third kappa shape index (κ3) is 3.95. The van der Waals surface area contributed by atoms with E-state index < -0.39 is 0 Å². The SMILES string of the molecule is Cc1ccc(CN2CCN(C(C)(C)C(N)=S)CC2)c(Cl)c1. The second-order valence-electron chi connectivity index (χ2n) is 6.28. The van der Waals surface area contributed by atoms with E-state index in [0.717, 1.165) is 37.7 Å². The van der Waals surface area contributed by atoms with E-state index in [9.17, 15) is 0 Å². The van der Waals surface area contributed by atoms with Gasteiger partial charge in [0.1, 0.15) is 0 Å². The van der Waals surface area contributed by atoms with Crippen LogP contribution in [0.1, 0.15) is 25.0 Å². The molecule has 2 N–H and O–H groups in total. The number of halogens is 1. The molecule has 1 aliphatic heterocycles. The van der Waals surface area contributed by atoms with Crippen molar-refractivity contribution in [3.8, 4) is 0 Å². The monoisotopic (exact) mass is 325 g/mol. The zero-order valence-corrected chi connectivity index (χ0v) is 14.6. The first-order valence-electron chi connectivity index (χ1n) is 7.33. The van der Waals surface area contributed by atoms with Crippen LogP contribution < -0.4 is 5.73 Å². The fourth-order valence-corrected chi connectivity index (χ4v) is 3.07. The highest BCUT2D eigenvalue weighted by molar-refractivity contribution is 7.80. The molecule has 1 fully saturated rings. The number of hydrogen-bond donors (Lipinski definition) is 1. The van der Waals surface area contributed by atoms with Gasteiger partial charge in [-0.3, -0.25) is 9.80 Å². The van der Waals surface area contributed by atoms with Crippen molar-refractivity contribution in [1.82, 2.24) is 9.80 Å². The van der Waals surface area contributed by atoms with Gasteiger partial charge in [-0.25, -0.2) is 0 Å². The van der Waals surface area contributed by atoms with Gasteiger partial charge in [-0.1, -0.05) is 36.0 Å². The van der Waals surface area contributed by atoms with Crippen LogP contribution in [0.3, 0.4) is 0 Å². The molecule has 0 radical (unpaired) electrons. The molecule has 0 atom stereocenters. The van der Waals surface area contributed by atoms with Gasteiger partial charge in [0.05, 0.1) is 10.5 Å². The summed E-state index contributed by atoms with van der Waals surface area (Å²) in [6, 6.07) is 6.28. The smallest absolute Gasteiger partial charge is 0.0928 e. The molecule has 0 unspecified atom stereocenters. The average Bonchev–Trinajstić information content (AvgIpc) is 2.42.